The van der Waals surface area contributed by atoms with Gasteiger partial charge >= 0.3 is 11.9 Å². The van der Waals surface area contributed by atoms with Crippen molar-refractivity contribution in [3.05, 3.63) is 23.5 Å². The third-order valence-corrected chi connectivity index (χ3v) is 14.3. The zero-order valence-electron chi connectivity index (χ0n) is 31.6. The van der Waals surface area contributed by atoms with Gasteiger partial charge in [0.1, 0.15) is 21.4 Å². The number of thioether (sulfide) groups is 4. The number of esters is 2. The van der Waals surface area contributed by atoms with Gasteiger partial charge in [0.05, 0.1) is 23.5 Å². The third-order valence-electron chi connectivity index (χ3n) is 8.63. The van der Waals surface area contributed by atoms with Gasteiger partial charge in [-0.2, -0.15) is 17.5 Å². The number of carbonyl (C=O) groups is 2. The summed E-state index contributed by atoms with van der Waals surface area (Å²) >= 11 is 8.18. The molecule has 0 aliphatic carbocycles. The Hall–Kier alpha value is -3.00. The van der Waals surface area contributed by atoms with Crippen molar-refractivity contribution in [2.45, 2.75) is 82.6 Å². The summed E-state index contributed by atoms with van der Waals surface area (Å²) in [5, 5.41) is 26.0. The second-order valence-electron chi connectivity index (χ2n) is 13.1. The fourth-order valence-corrected chi connectivity index (χ4v) is 11.0. The number of rotatable bonds is 20. The van der Waals surface area contributed by atoms with Crippen molar-refractivity contribution in [3.8, 4) is 0 Å². The van der Waals surface area contributed by atoms with Crippen molar-refractivity contribution in [2.75, 3.05) is 51.8 Å². The van der Waals surface area contributed by atoms with Crippen molar-refractivity contribution in [1.29, 1.82) is 0 Å². The lowest BCUT2D eigenvalue weighted by atomic mass is 10.1. The number of aryl methyl sites for hydroxylation is 2. The van der Waals surface area contributed by atoms with Crippen LogP contribution in [-0.2, 0) is 33.2 Å². The van der Waals surface area contributed by atoms with Crippen LogP contribution in [0, 0.1) is 0 Å². The predicted octanol–water partition coefficient (Wildman–Crippen LogP) is 4.42. The maximum atomic E-state index is 13.2. The van der Waals surface area contributed by atoms with E-state index in [1.165, 1.54) is 67.5 Å². The van der Waals surface area contributed by atoms with E-state index >= 15 is 0 Å². The first-order chi connectivity index (χ1) is 27.2. The van der Waals surface area contributed by atoms with Gasteiger partial charge in [-0.25, -0.2) is 19.0 Å². The molecule has 4 aromatic heterocycles. The highest BCUT2D eigenvalue weighted by Crippen LogP contribution is 2.33. The lowest BCUT2D eigenvalue weighted by Gasteiger charge is -2.22. The molecule has 0 bridgehead atoms. The van der Waals surface area contributed by atoms with Crippen LogP contribution in [0.3, 0.4) is 0 Å². The van der Waals surface area contributed by atoms with Crippen LogP contribution in [0.25, 0.3) is 11.1 Å². The van der Waals surface area contributed by atoms with Crippen molar-refractivity contribution in [3.63, 3.8) is 0 Å². The third kappa shape index (κ3) is 12.5. The molecular weight excluding hydrogens is 837 g/mol. The zero-order valence-corrected chi connectivity index (χ0v) is 36.5. The summed E-state index contributed by atoms with van der Waals surface area (Å²) in [5.74, 6) is -0.544. The second-order valence-corrected chi connectivity index (χ2v) is 18.6. The normalized spacial score (nSPS) is 16.4. The summed E-state index contributed by atoms with van der Waals surface area (Å²) in [4.78, 5) is 31.1. The first kappa shape index (κ1) is 42.6. The quantitative estimate of drug-likeness (QED) is 0.0397. The van der Waals surface area contributed by atoms with E-state index in [4.69, 9.17) is 9.47 Å². The van der Waals surface area contributed by atoms with Crippen LogP contribution in [0.2, 0.25) is 0 Å². The number of unbranched alkanes of at least 4 members (excludes halogenated alkanes) is 2. The molecule has 0 saturated carbocycles. The van der Waals surface area contributed by atoms with Crippen molar-refractivity contribution in [1.82, 2.24) is 67.7 Å². The summed E-state index contributed by atoms with van der Waals surface area (Å²) in [6, 6.07) is 0. The molecular formula is C32H44N14O4S6. The minimum Gasteiger partial charge on any atom is -0.442 e. The Labute approximate surface area is 350 Å². The Bertz CT molecular complexity index is 1810. The van der Waals surface area contributed by atoms with Crippen LogP contribution in [0.4, 0.5) is 0 Å². The SMILES string of the molecule is CN1CCC=C(c2nsnc2SCCCCC(OC(=O)C(=O)OC(CCCCSc2nsnc2C2=CCCN(C)C2)Sc2nnnn2C)Sc2nnnn2C)C1. The molecule has 302 valence electrons. The Morgan fingerprint density at radius 1 is 0.679 bits per heavy atom. The van der Waals surface area contributed by atoms with Gasteiger partial charge in [-0.3, -0.25) is 0 Å². The molecule has 18 nitrogen and oxygen atoms in total. The predicted molar refractivity (Wildman–Crippen MR) is 218 cm³/mol. The van der Waals surface area contributed by atoms with E-state index in [1.54, 1.807) is 37.6 Å². The molecule has 0 N–H and O–H groups in total. The van der Waals surface area contributed by atoms with Crippen LogP contribution in [-0.4, -0.2) is 142 Å². The minimum atomic E-state index is -1.08. The van der Waals surface area contributed by atoms with Gasteiger partial charge in [-0.05, 0) is 132 Å². The van der Waals surface area contributed by atoms with Crippen LogP contribution in [0.5, 0.6) is 0 Å². The van der Waals surface area contributed by atoms with Gasteiger partial charge in [-0.1, -0.05) is 12.2 Å². The lowest BCUT2D eigenvalue weighted by Crippen LogP contribution is -2.28. The van der Waals surface area contributed by atoms with E-state index in [0.29, 0.717) is 23.2 Å². The van der Waals surface area contributed by atoms with Crippen LogP contribution < -0.4 is 0 Å². The number of aromatic nitrogens is 12. The Morgan fingerprint density at radius 3 is 1.52 bits per heavy atom. The molecule has 0 aromatic carbocycles. The van der Waals surface area contributed by atoms with Crippen molar-refractivity contribution >= 4 is 93.6 Å². The van der Waals surface area contributed by atoms with Gasteiger partial charge in [0, 0.05) is 40.3 Å². The summed E-state index contributed by atoms with van der Waals surface area (Å²) in [6.07, 6.45) is 10.6. The average Bonchev–Trinajstić information content (AvgIpc) is 4.01. The highest BCUT2D eigenvalue weighted by Gasteiger charge is 2.29. The van der Waals surface area contributed by atoms with E-state index in [-0.39, 0.29) is 0 Å². The van der Waals surface area contributed by atoms with E-state index in [1.807, 2.05) is 0 Å². The number of hydrogen-bond acceptors (Lipinski definition) is 22. The Kier molecular flexibility index (Phi) is 16.5. The smallest absolute Gasteiger partial charge is 0.418 e. The summed E-state index contributed by atoms with van der Waals surface area (Å²) in [5.41, 5.74) is 2.94. The number of nitrogens with zero attached hydrogens (tertiary/aromatic N) is 14. The first-order valence-corrected chi connectivity index (χ1v) is 23.3. The van der Waals surface area contributed by atoms with E-state index < -0.39 is 22.8 Å². The minimum absolute atomic E-state index is 0.457. The molecule has 0 spiro atoms. The fourth-order valence-electron chi connectivity index (χ4n) is 5.73. The highest BCUT2D eigenvalue weighted by molar-refractivity contribution is 8.00. The van der Waals surface area contributed by atoms with Gasteiger partial charge < -0.3 is 19.3 Å². The average molecular weight is 881 g/mol. The number of tetrazole rings is 2. The van der Waals surface area contributed by atoms with Crippen molar-refractivity contribution < 1.29 is 19.1 Å². The maximum absolute atomic E-state index is 13.2. The van der Waals surface area contributed by atoms with E-state index in [9.17, 15) is 9.59 Å². The first-order valence-electron chi connectivity index (χ1n) is 18.1. The Morgan fingerprint density at radius 2 is 1.12 bits per heavy atom. The molecule has 0 fully saturated rings. The molecule has 0 radical (unpaired) electrons. The molecule has 2 atom stereocenters. The Balaban J connectivity index is 0.994. The summed E-state index contributed by atoms with van der Waals surface area (Å²) < 4.78 is 32.7. The van der Waals surface area contributed by atoms with Crippen molar-refractivity contribution in [2.24, 2.45) is 14.1 Å². The molecule has 6 rings (SSSR count). The molecule has 2 aliphatic rings. The molecule has 2 unspecified atom stereocenters. The van der Waals surface area contributed by atoms with Gasteiger partial charge in [0.15, 0.2) is 10.9 Å². The number of carbonyl (C=O) groups excluding carboxylic acids is 2. The molecule has 0 saturated heterocycles. The number of likely N-dealkylation sites (N-methyl/N-ethyl adjacent to an activating group) is 2. The van der Waals surface area contributed by atoms with Gasteiger partial charge in [0.25, 0.3) is 0 Å². The van der Waals surface area contributed by atoms with E-state index in [2.05, 4.69) is 84.6 Å². The summed E-state index contributed by atoms with van der Waals surface area (Å²) in [7, 11) is 7.63. The highest BCUT2D eigenvalue weighted by atomic mass is 32.2. The molecule has 24 heteroatoms. The lowest BCUT2D eigenvalue weighted by molar-refractivity contribution is -0.169. The zero-order chi connectivity index (χ0) is 39.3. The topological polar surface area (TPSA) is 198 Å². The van der Waals surface area contributed by atoms with Crippen LogP contribution >= 0.6 is 70.5 Å². The molecule has 0 amide bonds. The van der Waals surface area contributed by atoms with Gasteiger partial charge in [0.2, 0.25) is 10.3 Å². The standard InChI is InChI=1S/C32H44N14O4S6/c1-43-15-9-11-21(19-43)25-27(37-55-35-25)51-17-7-5-13-23(53-31-33-39-41-45(31)3)49-29(47)30(48)50-24(54-32-34-40-42-46(32)4)14-6-8-18-52-28-26(36-56-38-28)22-12-10-16-44(2)20-22/h11-12,23-24H,5-10,13-20H2,1-4H3. The molecule has 6 heterocycles. The summed E-state index contributed by atoms with van der Waals surface area (Å²) in [6.45, 7) is 3.81. The monoisotopic (exact) mass is 880 g/mol. The number of hydrogen-bond donors (Lipinski definition) is 0. The van der Waals surface area contributed by atoms with Crippen LogP contribution in [0.15, 0.2) is 32.5 Å². The molecule has 4 aromatic rings. The maximum Gasteiger partial charge on any atom is 0.418 e. The van der Waals surface area contributed by atoms with Gasteiger partial charge in [-0.15, -0.1) is 33.7 Å². The van der Waals surface area contributed by atoms with E-state index in [0.717, 1.165) is 97.6 Å². The second kappa shape index (κ2) is 21.7. The largest absolute Gasteiger partial charge is 0.442 e. The molecule has 2 aliphatic heterocycles. The fraction of sp³-hybridized carbons (Fsp3) is 0.625. The van der Waals surface area contributed by atoms with Crippen LogP contribution in [0.1, 0.15) is 62.8 Å². The molecule has 56 heavy (non-hydrogen) atoms. The number of ether oxygens (including phenoxy) is 2.